The summed E-state index contributed by atoms with van der Waals surface area (Å²) in [6.07, 6.45) is -95.4. The number of aliphatic hydroxyl groups is 27. The first-order valence-corrected chi connectivity index (χ1v) is 39.9. The van der Waals surface area contributed by atoms with Gasteiger partial charge in [-0.25, -0.2) is 0 Å². The van der Waals surface area contributed by atoms with Crippen LogP contribution in [0.3, 0.4) is 0 Å². The number of aliphatic hydroxyl groups excluding tert-OH is 27. The van der Waals surface area contributed by atoms with Crippen LogP contribution in [0, 0.1) is 0 Å². The molecule has 0 spiro atoms. The fraction of sp³-hybridized carbons (Fsp3) is 0.929. The predicted octanol–water partition coefficient (Wildman–Crippen LogP) is -21.4. The Labute approximate surface area is 709 Å². The van der Waals surface area contributed by atoms with Gasteiger partial charge in [-0.3, -0.25) is 24.0 Å². The van der Waals surface area contributed by atoms with Crippen molar-refractivity contribution < 1.29 is 247 Å². The average Bonchev–Trinajstić information content (AvgIpc) is 0.755. The average molecular weight is 1830 g/mol. The summed E-state index contributed by atoms with van der Waals surface area (Å²) >= 11 is 0. The molecule has 0 aliphatic carbocycles. The molecule has 9 heterocycles. The molecule has 5 amide bonds. The second kappa shape index (κ2) is 46.3. The Balaban J connectivity index is 1.17. The van der Waals surface area contributed by atoms with E-state index in [1.54, 1.807) is 0 Å². The van der Waals surface area contributed by atoms with Crippen molar-refractivity contribution in [2.45, 2.75) is 342 Å². The van der Waals surface area contributed by atoms with Crippen molar-refractivity contribution in [3.63, 3.8) is 0 Å². The van der Waals surface area contributed by atoms with E-state index in [0.717, 1.165) is 34.6 Å². The molecule has 0 aromatic rings. The molecule has 32 N–H and O–H groups in total. The minimum Gasteiger partial charge on any atom is -0.394 e. The molecule has 0 bridgehead atoms. The van der Waals surface area contributed by atoms with Crippen LogP contribution in [0.15, 0.2) is 0 Å². The Morgan fingerprint density at radius 2 is 0.624 bits per heavy atom. The Hall–Kier alpha value is -4.45. The van der Waals surface area contributed by atoms with Gasteiger partial charge in [-0.1, -0.05) is 0 Å². The summed E-state index contributed by atoms with van der Waals surface area (Å²) in [6, 6.07) is -9.86. The summed E-state index contributed by atoms with van der Waals surface area (Å²) in [4.78, 5) is 64.8. The number of amides is 5. The minimum atomic E-state index is -2.78. The maximum Gasteiger partial charge on any atom is 0.217 e. The van der Waals surface area contributed by atoms with E-state index in [1.807, 2.05) is 0 Å². The zero-order valence-electron chi connectivity index (χ0n) is 67.8. The molecule has 9 aliphatic heterocycles. The molecule has 9 rings (SSSR count). The Bertz CT molecular complexity index is 3370. The van der Waals surface area contributed by atoms with Gasteiger partial charge in [0, 0.05) is 34.6 Å². The fourth-order valence-corrected chi connectivity index (χ4v) is 15.8. The number of hydrogen-bond donors (Lipinski definition) is 32. The van der Waals surface area contributed by atoms with Crippen LogP contribution in [0.25, 0.3) is 0 Å². The number of carbonyl (C=O) groups excluding carboxylic acids is 5. The van der Waals surface area contributed by atoms with Crippen molar-refractivity contribution >= 4 is 29.5 Å². The smallest absolute Gasteiger partial charge is 0.217 e. The largest absolute Gasteiger partial charge is 0.394 e. The molecule has 9 fully saturated rings. The number of carbonyl (C=O) groups is 5. The first-order valence-electron chi connectivity index (χ1n) is 39.9. The summed E-state index contributed by atoms with van der Waals surface area (Å²) in [7, 11) is 0. The van der Waals surface area contributed by atoms with Crippen molar-refractivity contribution in [3.05, 3.63) is 0 Å². The summed E-state index contributed by atoms with van der Waals surface area (Å²) < 4.78 is 109. The van der Waals surface area contributed by atoms with Crippen molar-refractivity contribution in [2.75, 3.05) is 66.1 Å². The third kappa shape index (κ3) is 24.1. The van der Waals surface area contributed by atoms with Crippen molar-refractivity contribution in [1.82, 2.24) is 26.6 Å². The van der Waals surface area contributed by atoms with Crippen LogP contribution in [0.4, 0.5) is 0 Å². The van der Waals surface area contributed by atoms with E-state index in [4.69, 9.17) is 85.3 Å². The molecular formula is C70H119N5O50. The highest BCUT2D eigenvalue weighted by atomic mass is 16.8. The lowest BCUT2D eigenvalue weighted by Gasteiger charge is -2.52. The summed E-state index contributed by atoms with van der Waals surface area (Å²) in [5, 5.41) is 315. The Kier molecular flexibility index (Phi) is 38.6. The number of nitrogens with one attached hydrogen (secondary N) is 5. The highest BCUT2D eigenvalue weighted by molar-refractivity contribution is 5.75. The lowest BCUT2D eigenvalue weighted by atomic mass is 9.93. The van der Waals surface area contributed by atoms with Gasteiger partial charge >= 0.3 is 0 Å². The molecule has 125 heavy (non-hydrogen) atoms. The van der Waals surface area contributed by atoms with E-state index in [-0.39, 0.29) is 0 Å². The number of hydrogen-bond acceptors (Lipinski definition) is 50. The van der Waals surface area contributed by atoms with E-state index in [1.165, 1.54) is 6.92 Å². The van der Waals surface area contributed by atoms with Crippen molar-refractivity contribution in [1.29, 1.82) is 0 Å². The van der Waals surface area contributed by atoms with E-state index in [9.17, 15) is 162 Å². The van der Waals surface area contributed by atoms with Gasteiger partial charge < -0.3 is 250 Å². The number of rotatable bonds is 36. The zero-order valence-corrected chi connectivity index (χ0v) is 67.8. The van der Waals surface area contributed by atoms with Gasteiger partial charge in [0.05, 0.1) is 78.2 Å². The number of ether oxygens (including phenoxy) is 18. The van der Waals surface area contributed by atoms with Gasteiger partial charge in [-0.15, -0.1) is 0 Å². The highest BCUT2D eigenvalue weighted by Crippen LogP contribution is 2.41. The summed E-state index contributed by atoms with van der Waals surface area (Å²) in [5.74, 6) is -4.88. The topological polar surface area (TPSA) is 858 Å². The zero-order chi connectivity index (χ0) is 92.5. The predicted molar refractivity (Wildman–Crippen MR) is 388 cm³/mol. The van der Waals surface area contributed by atoms with Gasteiger partial charge in [-0.05, 0) is 6.92 Å². The minimum absolute atomic E-state index is 0.871. The second-order valence-electron chi connectivity index (χ2n) is 31.5. The molecule has 0 aromatic carbocycles. The monoisotopic (exact) mass is 1830 g/mol. The molecule has 9 saturated heterocycles. The molecular weight excluding hydrogens is 1710 g/mol. The first-order chi connectivity index (χ1) is 59.0. The lowest BCUT2D eigenvalue weighted by molar-refractivity contribution is -0.407. The van der Waals surface area contributed by atoms with Crippen LogP contribution in [0.1, 0.15) is 41.5 Å². The van der Waals surface area contributed by atoms with E-state index < -0.39 is 396 Å². The van der Waals surface area contributed by atoms with Gasteiger partial charge in [0.1, 0.15) is 232 Å². The van der Waals surface area contributed by atoms with Gasteiger partial charge in [0.15, 0.2) is 56.6 Å². The van der Waals surface area contributed by atoms with Crippen LogP contribution in [0.5, 0.6) is 0 Å². The molecule has 0 saturated carbocycles. The molecule has 55 nitrogen and oxygen atoms in total. The molecule has 0 unspecified atom stereocenters. The second-order valence-corrected chi connectivity index (χ2v) is 31.5. The summed E-state index contributed by atoms with van der Waals surface area (Å²) in [6.45, 7) is -5.95. The van der Waals surface area contributed by atoms with Crippen LogP contribution < -0.4 is 26.6 Å². The molecule has 9 aliphatic rings. The Morgan fingerprint density at radius 3 is 1.06 bits per heavy atom. The van der Waals surface area contributed by atoms with Gasteiger partial charge in [-0.2, -0.15) is 0 Å². The van der Waals surface area contributed by atoms with E-state index in [2.05, 4.69) is 26.6 Å². The molecule has 0 aromatic heterocycles. The fourth-order valence-electron chi connectivity index (χ4n) is 15.8. The summed E-state index contributed by atoms with van der Waals surface area (Å²) in [5.41, 5.74) is 0. The highest BCUT2D eigenvalue weighted by Gasteiger charge is 2.62. The maximum absolute atomic E-state index is 13.4. The normalized spacial score (nSPS) is 46.1. The standard InChI is InChI=1S/C70H119N5O50/c1-17-37(90)48(101)52(105)66(110-17)108-15-24(89)55(38(91)23(7-76)71-18(2)84)119-64-35(74-21(5)87)46(99)57(31(14-83)116-64)121-68-54(107)59(123-70-61(51(104)43(96)29(12-81)115-70)125-63-34(73-20(4)86)45(98)40(93)26(9-78)112-63)58(122-62-33(72-19(3)85)44(97)39(92)25(8-77)111-62)32(118-68)16-109-69-60(50(103)42(95)28(11-80)114-69)124-65-36(75-22(6)88)47(100)56(30(13-82)117-65)120-67-53(106)49(102)41(94)27(10-79)113-67/h17,23-70,76-83,89-107H,7-16H2,1-6H3,(H,71,84)(H,72,85)(H,73,86)(H,74,87)(H,75,88)/t17-,23-,24+,25+,26+,27+,28+,29+,30+,31+,32+,33+,34+,35+,36+,37+,38+,39+,40+,41-,42+,43+,44+,45+,46+,47+,48+,49-,50-,51-,52-,53+,54-,55+,56+,57+,58+,59+,60-,61-,62-,63-,64-,65-,66+,67-,68+,69-,70+/m0/s1. The SMILES string of the molecule is CC(=O)N[C@H]1[C@H](O[C@@H]([C@H](O)[C@H](CO)NC(C)=O)[C@H](O)CO[C@@H]2O[C@@H](C)[C@@H](O)[C@@H](O)[C@@H]2O)O[C@H](CO)[C@@H](O[C@H]2O[C@H](CO[C@H]3O[C@H](CO)[C@@H](O)[C@H](O)[C@@H]3O[C@@H]3O[C@H](CO)[C@@H](O[C@@H]4O[C@H](CO)[C@H](O)[C@H](O)[C@H]4O)[C@H](O)[C@H]3NC(C)=O)[C@@H](O[C@@H]3O[C@H](CO)[C@@H](O)[C@H](O)[C@H]3NC(C)=O)[C@H](O[C@H]3O[C@H](CO)[C@@H](O)[C@H](O)[C@@H]3O[C@@H]3O[C@H](CO)[C@@H](O)[C@H](O)[C@H]3NC(C)=O)[C@@H]2O)[C@@H]1O. The van der Waals surface area contributed by atoms with E-state index >= 15 is 0 Å². The quantitative estimate of drug-likeness (QED) is 0.0277. The molecule has 49 atom stereocenters. The van der Waals surface area contributed by atoms with Gasteiger partial charge in [0.25, 0.3) is 0 Å². The third-order valence-corrected chi connectivity index (χ3v) is 22.5. The van der Waals surface area contributed by atoms with E-state index in [0.29, 0.717) is 0 Å². The lowest BCUT2D eigenvalue weighted by Crippen LogP contribution is -2.71. The third-order valence-electron chi connectivity index (χ3n) is 22.5. The Morgan fingerprint density at radius 1 is 0.296 bits per heavy atom. The van der Waals surface area contributed by atoms with Crippen LogP contribution in [-0.2, 0) is 109 Å². The molecule has 724 valence electrons. The molecule has 55 heteroatoms. The maximum atomic E-state index is 13.4. The van der Waals surface area contributed by atoms with Crippen molar-refractivity contribution in [2.24, 2.45) is 0 Å². The van der Waals surface area contributed by atoms with Gasteiger partial charge in [0.2, 0.25) is 29.5 Å². The van der Waals surface area contributed by atoms with Crippen LogP contribution in [0.2, 0.25) is 0 Å². The van der Waals surface area contributed by atoms with Crippen LogP contribution in [-0.4, -0.2) is 534 Å². The first kappa shape index (κ1) is 104. The van der Waals surface area contributed by atoms with Crippen LogP contribution >= 0.6 is 0 Å². The van der Waals surface area contributed by atoms with Crippen molar-refractivity contribution in [3.8, 4) is 0 Å². The molecule has 0 radical (unpaired) electrons.